The van der Waals surface area contributed by atoms with E-state index in [9.17, 15) is 0 Å². The van der Waals surface area contributed by atoms with Gasteiger partial charge >= 0.3 is 0 Å². The Kier molecular flexibility index (Phi) is 5.82. The van der Waals surface area contributed by atoms with Gasteiger partial charge in [-0.3, -0.25) is 0 Å². The standard InChI is InChI=1S/C48H38N2S/c1-47(2)26-27-48(3,4)43-37(47)25-24-36-42-34-18-9-8-17-33(34)41-35-19-10-12-20-38(35)49(45(41)46(42)50(44(36)43)29-14-6-5-7-15-29)30-22-23-32-31-16-11-13-21-39(31)51-40(32)28-30/h5-25,28H,26-27H2,1-4H3. The molecule has 1 aliphatic rings. The molecule has 10 aromatic rings. The van der Waals surface area contributed by atoms with Crippen molar-refractivity contribution in [3.8, 4) is 11.4 Å². The Morgan fingerprint density at radius 1 is 0.451 bits per heavy atom. The monoisotopic (exact) mass is 674 g/mol. The van der Waals surface area contributed by atoms with Gasteiger partial charge < -0.3 is 9.13 Å². The average Bonchev–Trinajstić information content (AvgIpc) is 3.81. The Hall–Kier alpha value is -5.38. The summed E-state index contributed by atoms with van der Waals surface area (Å²) < 4.78 is 7.87. The van der Waals surface area contributed by atoms with Crippen LogP contribution in [0.2, 0.25) is 0 Å². The topological polar surface area (TPSA) is 9.86 Å². The van der Waals surface area contributed by atoms with Crippen LogP contribution in [0.25, 0.3) is 85.9 Å². The van der Waals surface area contributed by atoms with Crippen LogP contribution < -0.4 is 0 Å². The molecule has 11 rings (SSSR count). The number of fused-ring (bicyclic) bond motifs is 15. The molecule has 2 nitrogen and oxygen atoms in total. The van der Waals surface area contributed by atoms with E-state index < -0.39 is 0 Å². The number of benzene rings is 7. The molecular formula is C48H38N2S. The van der Waals surface area contributed by atoms with Crippen molar-refractivity contribution in [2.24, 2.45) is 0 Å². The van der Waals surface area contributed by atoms with Gasteiger partial charge in [0, 0.05) is 53.1 Å². The van der Waals surface area contributed by atoms with E-state index in [0.717, 1.165) is 6.42 Å². The molecule has 0 N–H and O–H groups in total. The molecule has 0 atom stereocenters. The minimum atomic E-state index is 0.0269. The Balaban J connectivity index is 1.43. The van der Waals surface area contributed by atoms with Crippen LogP contribution in [0.5, 0.6) is 0 Å². The zero-order chi connectivity index (χ0) is 34.2. The van der Waals surface area contributed by atoms with Crippen LogP contribution >= 0.6 is 11.3 Å². The minimum absolute atomic E-state index is 0.0269. The zero-order valence-corrected chi connectivity index (χ0v) is 30.2. The Bertz CT molecular complexity index is 3080. The van der Waals surface area contributed by atoms with Gasteiger partial charge in [-0.05, 0) is 82.0 Å². The molecule has 3 heterocycles. The van der Waals surface area contributed by atoms with E-state index in [-0.39, 0.29) is 10.8 Å². The van der Waals surface area contributed by atoms with Crippen LogP contribution in [0, 0.1) is 0 Å². The second-order valence-electron chi connectivity index (χ2n) is 15.9. The quantitative estimate of drug-likeness (QED) is 0.173. The number of rotatable bonds is 2. The lowest BCUT2D eigenvalue weighted by atomic mass is 9.62. The second kappa shape index (κ2) is 10.1. The number of thiophene rings is 1. The molecular weight excluding hydrogens is 637 g/mol. The van der Waals surface area contributed by atoms with Crippen molar-refractivity contribution in [3.63, 3.8) is 0 Å². The molecule has 0 fully saturated rings. The van der Waals surface area contributed by atoms with Gasteiger partial charge in [-0.15, -0.1) is 11.3 Å². The summed E-state index contributed by atoms with van der Waals surface area (Å²) in [5.74, 6) is 0. The molecule has 0 unspecified atom stereocenters. The number of hydrogen-bond donors (Lipinski definition) is 0. The molecule has 3 heteroatoms. The highest BCUT2D eigenvalue weighted by atomic mass is 32.1. The highest BCUT2D eigenvalue weighted by molar-refractivity contribution is 7.25. The Morgan fingerprint density at radius 3 is 1.82 bits per heavy atom. The van der Waals surface area contributed by atoms with Gasteiger partial charge in [0.15, 0.2) is 0 Å². The zero-order valence-electron chi connectivity index (χ0n) is 29.4. The van der Waals surface area contributed by atoms with E-state index in [1.807, 2.05) is 11.3 Å². The summed E-state index contributed by atoms with van der Waals surface area (Å²) in [5.41, 5.74) is 10.7. The molecule has 3 aromatic heterocycles. The van der Waals surface area contributed by atoms with Crippen LogP contribution in [-0.2, 0) is 10.8 Å². The number of nitrogens with zero attached hydrogens (tertiary/aromatic N) is 2. The fourth-order valence-electron chi connectivity index (χ4n) is 9.62. The third kappa shape index (κ3) is 3.88. The highest BCUT2D eigenvalue weighted by Crippen LogP contribution is 2.53. The van der Waals surface area contributed by atoms with Gasteiger partial charge in [-0.1, -0.05) is 125 Å². The smallest absolute Gasteiger partial charge is 0.0795 e. The van der Waals surface area contributed by atoms with Crippen LogP contribution in [0.1, 0.15) is 51.7 Å². The molecule has 7 aromatic carbocycles. The normalized spacial score (nSPS) is 15.6. The summed E-state index contributed by atoms with van der Waals surface area (Å²) in [6.07, 6.45) is 2.35. The van der Waals surface area contributed by atoms with E-state index in [2.05, 4.69) is 170 Å². The summed E-state index contributed by atoms with van der Waals surface area (Å²) in [6.45, 7) is 9.83. The molecule has 0 aliphatic heterocycles. The van der Waals surface area contributed by atoms with Gasteiger partial charge in [-0.25, -0.2) is 0 Å². The van der Waals surface area contributed by atoms with Gasteiger partial charge in [0.2, 0.25) is 0 Å². The maximum Gasteiger partial charge on any atom is 0.0795 e. The van der Waals surface area contributed by atoms with Crippen molar-refractivity contribution in [1.29, 1.82) is 0 Å². The van der Waals surface area contributed by atoms with Crippen LogP contribution in [0.4, 0.5) is 0 Å². The first-order valence-electron chi connectivity index (χ1n) is 18.2. The number of para-hydroxylation sites is 2. The van der Waals surface area contributed by atoms with Gasteiger partial charge in [0.25, 0.3) is 0 Å². The fourth-order valence-corrected chi connectivity index (χ4v) is 10.8. The average molecular weight is 675 g/mol. The molecule has 51 heavy (non-hydrogen) atoms. The van der Waals surface area contributed by atoms with E-state index in [0.29, 0.717) is 0 Å². The van der Waals surface area contributed by atoms with E-state index in [4.69, 9.17) is 0 Å². The largest absolute Gasteiger partial charge is 0.307 e. The minimum Gasteiger partial charge on any atom is -0.307 e. The lowest BCUT2D eigenvalue weighted by Gasteiger charge is -2.42. The number of aromatic nitrogens is 2. The second-order valence-corrected chi connectivity index (χ2v) is 17.0. The predicted molar refractivity (Wildman–Crippen MR) is 221 cm³/mol. The van der Waals surface area contributed by atoms with Gasteiger partial charge in [0.1, 0.15) is 0 Å². The third-order valence-corrected chi connectivity index (χ3v) is 13.2. The van der Waals surface area contributed by atoms with E-state index >= 15 is 0 Å². The van der Waals surface area contributed by atoms with Crippen molar-refractivity contribution >= 4 is 85.9 Å². The van der Waals surface area contributed by atoms with Gasteiger partial charge in [-0.2, -0.15) is 0 Å². The summed E-state index contributed by atoms with van der Waals surface area (Å²) in [6, 6.07) is 50.2. The molecule has 0 saturated carbocycles. The SMILES string of the molecule is CC1(C)CCC(C)(C)c2c1ccc1c3c4ccccc4c4c5ccccc5n(-c5ccc6c(c5)sc5ccccc56)c4c3n(-c3ccccc3)c21. The molecule has 0 radical (unpaired) electrons. The predicted octanol–water partition coefficient (Wildman–Crippen LogP) is 13.8. The van der Waals surface area contributed by atoms with Crippen molar-refractivity contribution < 1.29 is 0 Å². The van der Waals surface area contributed by atoms with Crippen LogP contribution in [0.3, 0.4) is 0 Å². The first-order valence-corrected chi connectivity index (χ1v) is 19.1. The van der Waals surface area contributed by atoms with Crippen LogP contribution in [0.15, 0.2) is 133 Å². The molecule has 1 aliphatic carbocycles. The van der Waals surface area contributed by atoms with E-state index in [1.165, 1.54) is 103 Å². The van der Waals surface area contributed by atoms with Crippen molar-refractivity contribution in [2.45, 2.75) is 51.4 Å². The lowest BCUT2D eigenvalue weighted by Crippen LogP contribution is -2.34. The molecule has 0 spiro atoms. The Morgan fingerprint density at radius 2 is 1.04 bits per heavy atom. The van der Waals surface area contributed by atoms with Gasteiger partial charge in [0.05, 0.1) is 22.1 Å². The van der Waals surface area contributed by atoms with Crippen molar-refractivity contribution in [1.82, 2.24) is 9.13 Å². The fraction of sp³-hybridized carbons (Fsp3) is 0.167. The maximum absolute atomic E-state index is 2.65. The molecule has 0 amide bonds. The van der Waals surface area contributed by atoms with Crippen molar-refractivity contribution in [3.05, 3.63) is 145 Å². The Labute approximate surface area is 301 Å². The summed E-state index contributed by atoms with van der Waals surface area (Å²) in [7, 11) is 0. The summed E-state index contributed by atoms with van der Waals surface area (Å²) in [5, 5.41) is 10.6. The van der Waals surface area contributed by atoms with Crippen LogP contribution in [-0.4, -0.2) is 9.13 Å². The first-order chi connectivity index (χ1) is 24.8. The first kappa shape index (κ1) is 29.4. The van der Waals surface area contributed by atoms with E-state index in [1.54, 1.807) is 0 Å². The summed E-state index contributed by atoms with van der Waals surface area (Å²) >= 11 is 1.89. The van der Waals surface area contributed by atoms with Crippen molar-refractivity contribution in [2.75, 3.05) is 0 Å². The lowest BCUT2D eigenvalue weighted by molar-refractivity contribution is 0.334. The molecule has 246 valence electrons. The number of hydrogen-bond acceptors (Lipinski definition) is 1. The molecule has 0 bridgehead atoms. The summed E-state index contributed by atoms with van der Waals surface area (Å²) in [4.78, 5) is 0. The maximum atomic E-state index is 2.65. The highest BCUT2D eigenvalue weighted by Gasteiger charge is 2.40. The third-order valence-electron chi connectivity index (χ3n) is 12.1. The molecule has 0 saturated heterocycles.